The fourth-order valence-corrected chi connectivity index (χ4v) is 3.78. The number of carbonyl (C=O) groups excluding carboxylic acids is 1. The number of nitrogens with one attached hydrogen (secondary N) is 1. The lowest BCUT2D eigenvalue weighted by atomic mass is 9.77. The molecular formula is C24H23N5O. The van der Waals surface area contributed by atoms with Crippen molar-refractivity contribution in [2.75, 3.05) is 0 Å². The van der Waals surface area contributed by atoms with Gasteiger partial charge in [0.25, 0.3) is 0 Å². The number of hydrogen-bond donors (Lipinski definition) is 1. The quantitative estimate of drug-likeness (QED) is 0.484. The molecule has 1 amide bonds. The van der Waals surface area contributed by atoms with Crippen molar-refractivity contribution in [3.8, 4) is 0 Å². The molecule has 4 rings (SSSR count). The van der Waals surface area contributed by atoms with Gasteiger partial charge in [-0.1, -0.05) is 97.9 Å². The summed E-state index contributed by atoms with van der Waals surface area (Å²) >= 11 is 0. The van der Waals surface area contributed by atoms with Crippen LogP contribution in [0.5, 0.6) is 0 Å². The number of carbonyl (C=O) groups is 1. The molecule has 0 aliphatic heterocycles. The Kier molecular flexibility index (Phi) is 5.66. The summed E-state index contributed by atoms with van der Waals surface area (Å²) in [5.74, 6) is 0.530. The van der Waals surface area contributed by atoms with E-state index in [4.69, 9.17) is 0 Å². The SMILES string of the molecule is CCC(=O)NCc1nnnn1C(c1ccccc1)(c1ccccc1)c1ccccc1. The van der Waals surface area contributed by atoms with Crippen molar-refractivity contribution >= 4 is 5.91 Å². The van der Waals surface area contributed by atoms with Gasteiger partial charge in [-0.15, -0.1) is 5.10 Å². The normalized spacial score (nSPS) is 11.2. The highest BCUT2D eigenvalue weighted by molar-refractivity contribution is 5.75. The summed E-state index contributed by atoms with van der Waals surface area (Å²) in [6.07, 6.45) is 0.406. The van der Waals surface area contributed by atoms with E-state index in [2.05, 4.69) is 57.2 Å². The minimum absolute atomic E-state index is 0.0470. The van der Waals surface area contributed by atoms with Gasteiger partial charge in [-0.2, -0.15) is 0 Å². The van der Waals surface area contributed by atoms with Gasteiger partial charge in [-0.3, -0.25) is 4.79 Å². The number of benzene rings is 3. The minimum atomic E-state index is -0.792. The zero-order valence-corrected chi connectivity index (χ0v) is 16.8. The molecule has 1 N–H and O–H groups in total. The van der Waals surface area contributed by atoms with Crippen LogP contribution in [0, 0.1) is 0 Å². The summed E-state index contributed by atoms with van der Waals surface area (Å²) < 4.78 is 1.82. The van der Waals surface area contributed by atoms with Crippen LogP contribution in [0.4, 0.5) is 0 Å². The number of rotatable bonds is 7. The topological polar surface area (TPSA) is 72.7 Å². The highest BCUT2D eigenvalue weighted by atomic mass is 16.1. The Balaban J connectivity index is 2.00. The average Bonchev–Trinajstić information content (AvgIpc) is 3.29. The third-order valence-electron chi connectivity index (χ3n) is 5.19. The molecule has 0 bridgehead atoms. The highest BCUT2D eigenvalue weighted by Crippen LogP contribution is 2.40. The van der Waals surface area contributed by atoms with Gasteiger partial charge in [0.05, 0.1) is 6.54 Å². The number of nitrogens with zero attached hydrogens (tertiary/aromatic N) is 4. The van der Waals surface area contributed by atoms with Gasteiger partial charge in [0.1, 0.15) is 5.54 Å². The summed E-state index contributed by atoms with van der Waals surface area (Å²) in [5.41, 5.74) is 2.29. The Morgan fingerprint density at radius 2 is 1.30 bits per heavy atom. The standard InChI is InChI=1S/C24H23N5O/c1-2-23(30)25-18-22-26-27-28-29(22)24(19-12-6-3-7-13-19,20-14-8-4-9-15-20)21-16-10-5-11-17-21/h3-17H,2,18H2,1H3,(H,25,30). The van der Waals surface area contributed by atoms with Crippen LogP contribution in [-0.2, 0) is 16.9 Å². The summed E-state index contributed by atoms with van der Waals surface area (Å²) in [7, 11) is 0. The molecule has 0 radical (unpaired) electrons. The predicted octanol–water partition coefficient (Wildman–Crippen LogP) is 3.54. The van der Waals surface area contributed by atoms with Crippen LogP contribution in [0.25, 0.3) is 0 Å². The first-order chi connectivity index (χ1) is 14.8. The van der Waals surface area contributed by atoms with E-state index in [0.29, 0.717) is 12.2 Å². The fraction of sp³-hybridized carbons (Fsp3) is 0.167. The molecule has 150 valence electrons. The second kappa shape index (κ2) is 8.69. The molecule has 4 aromatic rings. The van der Waals surface area contributed by atoms with Crippen molar-refractivity contribution in [2.45, 2.75) is 25.4 Å². The lowest BCUT2D eigenvalue weighted by Crippen LogP contribution is -2.41. The summed E-state index contributed by atoms with van der Waals surface area (Å²) in [4.78, 5) is 11.9. The highest BCUT2D eigenvalue weighted by Gasteiger charge is 2.41. The van der Waals surface area contributed by atoms with E-state index < -0.39 is 5.54 Å². The Hall–Kier alpha value is -3.80. The van der Waals surface area contributed by atoms with E-state index in [-0.39, 0.29) is 12.5 Å². The Morgan fingerprint density at radius 3 is 1.73 bits per heavy atom. The van der Waals surface area contributed by atoms with Crippen LogP contribution in [0.15, 0.2) is 91.0 Å². The summed E-state index contributed by atoms with van der Waals surface area (Å²) in [6, 6.07) is 30.5. The van der Waals surface area contributed by atoms with Crippen molar-refractivity contribution in [3.05, 3.63) is 114 Å². The number of tetrazole rings is 1. The molecule has 0 spiro atoms. The predicted molar refractivity (Wildman–Crippen MR) is 115 cm³/mol. The molecule has 6 heteroatoms. The maximum atomic E-state index is 11.9. The molecule has 1 aromatic heterocycles. The third kappa shape index (κ3) is 3.48. The second-order valence-corrected chi connectivity index (χ2v) is 6.95. The first-order valence-corrected chi connectivity index (χ1v) is 9.97. The summed E-state index contributed by atoms with van der Waals surface area (Å²) in [6.45, 7) is 2.06. The first kappa shape index (κ1) is 19.5. The van der Waals surface area contributed by atoms with Gasteiger partial charge in [0, 0.05) is 6.42 Å². The fourth-order valence-electron chi connectivity index (χ4n) is 3.78. The van der Waals surface area contributed by atoms with Crippen molar-refractivity contribution in [1.29, 1.82) is 0 Å². The van der Waals surface area contributed by atoms with Crippen LogP contribution in [0.1, 0.15) is 35.9 Å². The van der Waals surface area contributed by atoms with Crippen LogP contribution >= 0.6 is 0 Å². The van der Waals surface area contributed by atoms with E-state index in [0.717, 1.165) is 16.7 Å². The molecule has 0 unspecified atom stereocenters. The molecule has 0 saturated heterocycles. The van der Waals surface area contributed by atoms with Gasteiger partial charge in [0.15, 0.2) is 5.82 Å². The second-order valence-electron chi connectivity index (χ2n) is 6.95. The lowest BCUT2D eigenvalue weighted by Gasteiger charge is -2.36. The van der Waals surface area contributed by atoms with Crippen molar-refractivity contribution in [1.82, 2.24) is 25.5 Å². The molecule has 0 atom stereocenters. The molecule has 30 heavy (non-hydrogen) atoms. The maximum Gasteiger partial charge on any atom is 0.220 e. The average molecular weight is 397 g/mol. The van der Waals surface area contributed by atoms with Crippen molar-refractivity contribution < 1.29 is 4.79 Å². The summed E-state index contributed by atoms with van der Waals surface area (Å²) in [5, 5.41) is 15.6. The van der Waals surface area contributed by atoms with Crippen LogP contribution in [0.2, 0.25) is 0 Å². The van der Waals surface area contributed by atoms with Crippen molar-refractivity contribution in [3.63, 3.8) is 0 Å². The van der Waals surface area contributed by atoms with Gasteiger partial charge < -0.3 is 5.32 Å². The molecule has 0 fully saturated rings. The number of hydrogen-bond acceptors (Lipinski definition) is 4. The maximum absolute atomic E-state index is 11.9. The first-order valence-electron chi connectivity index (χ1n) is 9.97. The van der Waals surface area contributed by atoms with Crippen LogP contribution in [-0.4, -0.2) is 26.1 Å². The molecule has 0 aliphatic rings. The molecule has 6 nitrogen and oxygen atoms in total. The zero-order chi connectivity index (χ0) is 20.8. The van der Waals surface area contributed by atoms with Gasteiger partial charge >= 0.3 is 0 Å². The van der Waals surface area contributed by atoms with Gasteiger partial charge in [-0.25, -0.2) is 4.68 Å². The minimum Gasteiger partial charge on any atom is -0.349 e. The Bertz CT molecular complexity index is 998. The van der Waals surface area contributed by atoms with E-state index in [1.54, 1.807) is 0 Å². The smallest absolute Gasteiger partial charge is 0.220 e. The van der Waals surface area contributed by atoms with Gasteiger partial charge in [-0.05, 0) is 27.1 Å². The molecule has 0 aliphatic carbocycles. The molecule has 0 saturated carbocycles. The monoisotopic (exact) mass is 397 g/mol. The van der Waals surface area contributed by atoms with Crippen LogP contribution in [0.3, 0.4) is 0 Å². The third-order valence-corrected chi connectivity index (χ3v) is 5.19. The Labute approximate surface area is 175 Å². The molecule has 3 aromatic carbocycles. The van der Waals surface area contributed by atoms with E-state index >= 15 is 0 Å². The van der Waals surface area contributed by atoms with E-state index in [1.165, 1.54) is 0 Å². The van der Waals surface area contributed by atoms with Crippen molar-refractivity contribution in [2.24, 2.45) is 0 Å². The number of aromatic nitrogens is 4. The zero-order valence-electron chi connectivity index (χ0n) is 16.8. The van der Waals surface area contributed by atoms with Gasteiger partial charge in [0.2, 0.25) is 5.91 Å². The van der Waals surface area contributed by atoms with E-state index in [1.807, 2.05) is 66.2 Å². The van der Waals surface area contributed by atoms with Crippen LogP contribution < -0.4 is 5.32 Å². The number of amides is 1. The Morgan fingerprint density at radius 1 is 0.833 bits per heavy atom. The molecule has 1 heterocycles. The molecular weight excluding hydrogens is 374 g/mol. The largest absolute Gasteiger partial charge is 0.349 e. The van der Waals surface area contributed by atoms with E-state index in [9.17, 15) is 4.79 Å². The lowest BCUT2D eigenvalue weighted by molar-refractivity contribution is -0.120.